The number of hydrogen-bond donors (Lipinski definition) is 2. The number of urea groups is 1. The fraction of sp³-hybridized carbons (Fsp3) is 0.250. The van der Waals surface area contributed by atoms with Crippen LogP contribution in [0.2, 0.25) is 0 Å². The lowest BCUT2D eigenvalue weighted by atomic mass is 9.99. The van der Waals surface area contributed by atoms with Crippen molar-refractivity contribution in [3.05, 3.63) is 54.4 Å². The molecule has 7 nitrogen and oxygen atoms in total. The summed E-state index contributed by atoms with van der Waals surface area (Å²) in [6.45, 7) is 2.49. The second-order valence-electron chi connectivity index (χ2n) is 7.02. The van der Waals surface area contributed by atoms with Gasteiger partial charge in [0.1, 0.15) is 17.8 Å². The van der Waals surface area contributed by atoms with Crippen LogP contribution in [0.3, 0.4) is 0 Å². The quantitative estimate of drug-likeness (QED) is 0.589. The maximum absolute atomic E-state index is 12.2. The first-order chi connectivity index (χ1) is 14.1. The molecular formula is C20H19F3N4O3. The molecular weight excluding hydrogens is 401 g/mol. The average Bonchev–Trinajstić information content (AvgIpc) is 3.09. The van der Waals surface area contributed by atoms with Gasteiger partial charge in [-0.05, 0) is 38.1 Å². The SMILES string of the molecule is CC(C)(OC=O)c1ccn2c(-c3cccc(NC(=O)NCC(F)(F)F)c3)cnc2c1. The number of aromatic nitrogens is 2. The van der Waals surface area contributed by atoms with E-state index in [4.69, 9.17) is 4.74 Å². The number of carbonyl (C=O) groups is 2. The van der Waals surface area contributed by atoms with Crippen molar-refractivity contribution in [3.63, 3.8) is 0 Å². The predicted molar refractivity (Wildman–Crippen MR) is 104 cm³/mol. The Morgan fingerprint density at radius 2 is 2.00 bits per heavy atom. The molecule has 0 spiro atoms. The zero-order valence-electron chi connectivity index (χ0n) is 16.2. The van der Waals surface area contributed by atoms with Gasteiger partial charge < -0.3 is 15.4 Å². The minimum absolute atomic E-state index is 0.333. The standard InChI is InChI=1S/C20H19F3N4O3/c1-19(2,30-12-28)14-6-7-27-16(10-24-17(27)9-14)13-4-3-5-15(8-13)26-18(29)25-11-20(21,22)23/h3-10,12H,11H2,1-2H3,(H2,25,26,29). The number of anilines is 1. The number of fused-ring (bicyclic) bond motifs is 1. The molecule has 0 radical (unpaired) electrons. The Bertz CT molecular complexity index is 1080. The van der Waals surface area contributed by atoms with Crippen molar-refractivity contribution >= 4 is 23.8 Å². The van der Waals surface area contributed by atoms with Crippen LogP contribution < -0.4 is 10.6 Å². The minimum atomic E-state index is -4.49. The summed E-state index contributed by atoms with van der Waals surface area (Å²) in [6.07, 6.45) is -1.07. The Hall–Kier alpha value is -3.56. The van der Waals surface area contributed by atoms with Gasteiger partial charge in [-0.2, -0.15) is 13.2 Å². The number of benzene rings is 1. The smallest absolute Gasteiger partial charge is 0.405 e. The van der Waals surface area contributed by atoms with Crippen molar-refractivity contribution in [1.29, 1.82) is 0 Å². The van der Waals surface area contributed by atoms with E-state index in [1.165, 1.54) is 0 Å². The molecule has 0 saturated carbocycles. The van der Waals surface area contributed by atoms with Crippen LogP contribution in [0.25, 0.3) is 16.9 Å². The average molecular weight is 420 g/mol. The zero-order valence-corrected chi connectivity index (χ0v) is 16.2. The van der Waals surface area contributed by atoms with Gasteiger partial charge in [0.05, 0.1) is 11.9 Å². The molecule has 0 aliphatic heterocycles. The van der Waals surface area contributed by atoms with Gasteiger partial charge in [-0.15, -0.1) is 0 Å². The number of nitrogens with one attached hydrogen (secondary N) is 2. The fourth-order valence-electron chi connectivity index (χ4n) is 2.87. The first-order valence-corrected chi connectivity index (χ1v) is 8.90. The Morgan fingerprint density at radius 1 is 1.23 bits per heavy atom. The third-order valence-corrected chi connectivity index (χ3v) is 4.42. The summed E-state index contributed by atoms with van der Waals surface area (Å²) in [4.78, 5) is 26.8. The minimum Gasteiger partial charge on any atom is -0.457 e. The summed E-state index contributed by atoms with van der Waals surface area (Å²) < 4.78 is 43.6. The van der Waals surface area contributed by atoms with Gasteiger partial charge >= 0.3 is 12.2 Å². The predicted octanol–water partition coefficient (Wildman–Crippen LogP) is 4.09. The highest BCUT2D eigenvalue weighted by molar-refractivity contribution is 5.90. The molecule has 0 atom stereocenters. The van der Waals surface area contributed by atoms with Crippen molar-refractivity contribution in [2.24, 2.45) is 0 Å². The van der Waals surface area contributed by atoms with Crippen LogP contribution in [0, 0.1) is 0 Å². The van der Waals surface area contributed by atoms with Gasteiger partial charge in [0.2, 0.25) is 0 Å². The topological polar surface area (TPSA) is 84.7 Å². The Balaban J connectivity index is 1.83. The number of halogens is 3. The van der Waals surface area contributed by atoms with Crippen molar-refractivity contribution in [2.75, 3.05) is 11.9 Å². The monoisotopic (exact) mass is 420 g/mol. The van der Waals surface area contributed by atoms with E-state index in [2.05, 4.69) is 10.3 Å². The van der Waals surface area contributed by atoms with Gasteiger partial charge in [0.15, 0.2) is 0 Å². The largest absolute Gasteiger partial charge is 0.457 e. The highest BCUT2D eigenvalue weighted by Crippen LogP contribution is 2.28. The highest BCUT2D eigenvalue weighted by Gasteiger charge is 2.27. The number of ether oxygens (including phenoxy) is 1. The number of pyridine rings is 1. The first kappa shape index (κ1) is 21.2. The number of alkyl halides is 3. The Kier molecular flexibility index (Phi) is 5.68. The maximum Gasteiger partial charge on any atom is 0.405 e. The van der Waals surface area contributed by atoms with Crippen LogP contribution >= 0.6 is 0 Å². The van der Waals surface area contributed by atoms with Gasteiger partial charge in [-0.25, -0.2) is 9.78 Å². The fourth-order valence-corrected chi connectivity index (χ4v) is 2.87. The van der Waals surface area contributed by atoms with E-state index >= 15 is 0 Å². The summed E-state index contributed by atoms with van der Waals surface area (Å²) in [5.74, 6) is 0. The highest BCUT2D eigenvalue weighted by atomic mass is 19.4. The molecule has 158 valence electrons. The molecule has 2 heterocycles. The molecule has 2 N–H and O–H groups in total. The molecule has 3 aromatic rings. The third kappa shape index (κ3) is 4.88. The van der Waals surface area contributed by atoms with Gasteiger partial charge in [0, 0.05) is 23.0 Å². The summed E-state index contributed by atoms with van der Waals surface area (Å²) in [5, 5.41) is 4.13. The molecule has 10 heteroatoms. The van der Waals surface area contributed by atoms with Crippen molar-refractivity contribution < 1.29 is 27.5 Å². The van der Waals surface area contributed by atoms with E-state index in [0.29, 0.717) is 29.1 Å². The lowest BCUT2D eigenvalue weighted by Crippen LogP contribution is -2.36. The molecule has 0 aliphatic carbocycles. The van der Waals surface area contributed by atoms with Gasteiger partial charge in [-0.3, -0.25) is 9.20 Å². The van der Waals surface area contributed by atoms with Crippen LogP contribution in [-0.4, -0.2) is 34.6 Å². The molecule has 0 fully saturated rings. The van der Waals surface area contributed by atoms with Crippen LogP contribution in [0.1, 0.15) is 19.4 Å². The van der Waals surface area contributed by atoms with Crippen LogP contribution in [0.4, 0.5) is 23.7 Å². The molecule has 2 amide bonds. The van der Waals surface area contributed by atoms with Gasteiger partial charge in [0.25, 0.3) is 6.47 Å². The molecule has 30 heavy (non-hydrogen) atoms. The summed E-state index contributed by atoms with van der Waals surface area (Å²) in [6, 6.07) is 9.29. The normalized spacial score (nSPS) is 11.9. The first-order valence-electron chi connectivity index (χ1n) is 8.90. The van der Waals surface area contributed by atoms with Crippen LogP contribution in [0.5, 0.6) is 0 Å². The number of nitrogens with zero attached hydrogens (tertiary/aromatic N) is 2. The third-order valence-electron chi connectivity index (χ3n) is 4.42. The number of rotatable bonds is 6. The Morgan fingerprint density at radius 3 is 2.70 bits per heavy atom. The number of imidazole rings is 1. The molecule has 0 bridgehead atoms. The molecule has 0 aliphatic rings. The van der Waals surface area contributed by atoms with E-state index < -0.39 is 24.4 Å². The summed E-state index contributed by atoms with van der Waals surface area (Å²) in [5.41, 5.74) is 2.31. The van der Waals surface area contributed by atoms with Crippen molar-refractivity contribution in [1.82, 2.24) is 14.7 Å². The van der Waals surface area contributed by atoms with E-state index in [0.717, 1.165) is 5.56 Å². The summed E-state index contributed by atoms with van der Waals surface area (Å²) in [7, 11) is 0. The number of carbonyl (C=O) groups excluding carboxylic acids is 2. The molecule has 1 aromatic carbocycles. The molecule has 0 saturated heterocycles. The molecule has 2 aromatic heterocycles. The lowest BCUT2D eigenvalue weighted by molar-refractivity contribution is -0.141. The van der Waals surface area contributed by atoms with E-state index in [9.17, 15) is 22.8 Å². The second-order valence-corrected chi connectivity index (χ2v) is 7.02. The van der Waals surface area contributed by atoms with Crippen molar-refractivity contribution in [3.8, 4) is 11.3 Å². The molecule has 0 unspecified atom stereocenters. The van der Waals surface area contributed by atoms with E-state index in [1.54, 1.807) is 68.0 Å². The van der Waals surface area contributed by atoms with Crippen LogP contribution in [-0.2, 0) is 15.1 Å². The van der Waals surface area contributed by atoms with Gasteiger partial charge in [-0.1, -0.05) is 12.1 Å². The lowest BCUT2D eigenvalue weighted by Gasteiger charge is -2.23. The van der Waals surface area contributed by atoms with E-state index in [1.807, 2.05) is 4.40 Å². The van der Waals surface area contributed by atoms with Crippen molar-refractivity contribution in [2.45, 2.75) is 25.6 Å². The van der Waals surface area contributed by atoms with Crippen LogP contribution in [0.15, 0.2) is 48.8 Å². The summed E-state index contributed by atoms with van der Waals surface area (Å²) >= 11 is 0. The Labute approximate surface area is 169 Å². The number of hydrogen-bond acceptors (Lipinski definition) is 4. The maximum atomic E-state index is 12.2. The molecule has 3 rings (SSSR count). The zero-order chi connectivity index (χ0) is 21.9. The van der Waals surface area contributed by atoms with E-state index in [-0.39, 0.29) is 0 Å². The second kappa shape index (κ2) is 8.05. The number of amides is 2.